The number of rotatable bonds is 6. The molecule has 0 amide bonds. The van der Waals surface area contributed by atoms with E-state index >= 15 is 0 Å². The monoisotopic (exact) mass is 370 g/mol. The maximum atomic E-state index is 5.90. The number of piperidine rings is 1. The van der Waals surface area contributed by atoms with E-state index in [9.17, 15) is 0 Å². The van der Waals surface area contributed by atoms with Crippen molar-refractivity contribution in [2.45, 2.75) is 26.3 Å². The first-order chi connectivity index (χ1) is 11.2. The lowest BCUT2D eigenvalue weighted by molar-refractivity contribution is 0.158. The van der Waals surface area contributed by atoms with Crippen molar-refractivity contribution in [3.63, 3.8) is 0 Å². The molecule has 1 N–H and O–H groups in total. The van der Waals surface area contributed by atoms with Crippen LogP contribution in [-0.2, 0) is 6.54 Å². The third-order valence-electron chi connectivity index (χ3n) is 4.32. The quantitative estimate of drug-likeness (QED) is 0.840. The van der Waals surface area contributed by atoms with Gasteiger partial charge >= 0.3 is 0 Å². The molecular formula is C17H24Cl2N4O. The number of aromatic nitrogens is 2. The molecule has 0 bridgehead atoms. The summed E-state index contributed by atoms with van der Waals surface area (Å²) in [5, 5.41) is 8.22. The van der Waals surface area contributed by atoms with E-state index in [1.165, 1.54) is 12.8 Å². The Bertz CT molecular complexity index is 609. The summed E-state index contributed by atoms with van der Waals surface area (Å²) in [5.41, 5.74) is 0.925. The van der Waals surface area contributed by atoms with Crippen molar-refractivity contribution < 1.29 is 4.52 Å². The zero-order chi connectivity index (χ0) is 16.1. The van der Waals surface area contributed by atoms with Gasteiger partial charge in [-0.05, 0) is 69.2 Å². The van der Waals surface area contributed by atoms with E-state index < -0.39 is 0 Å². The normalized spacial score (nSPS) is 16.1. The molecule has 0 unspecified atom stereocenters. The lowest BCUT2D eigenvalue weighted by Gasteiger charge is -2.30. The number of likely N-dealkylation sites (tertiary alicyclic amines) is 1. The minimum atomic E-state index is 0. The fourth-order valence-corrected chi connectivity index (χ4v) is 3.05. The first-order valence-corrected chi connectivity index (χ1v) is 8.64. The SMILES string of the molecule is CCNCC1CCN(Cc2nc(-c3ccc(Cl)cc3)no2)CC1.Cl. The predicted molar refractivity (Wildman–Crippen MR) is 98.5 cm³/mol. The fourth-order valence-electron chi connectivity index (χ4n) is 2.92. The molecule has 1 fully saturated rings. The van der Waals surface area contributed by atoms with Crippen LogP contribution in [0.2, 0.25) is 5.02 Å². The summed E-state index contributed by atoms with van der Waals surface area (Å²) in [5.74, 6) is 2.09. The highest BCUT2D eigenvalue weighted by Gasteiger charge is 2.20. The van der Waals surface area contributed by atoms with Gasteiger partial charge in [-0.1, -0.05) is 23.7 Å². The zero-order valence-electron chi connectivity index (χ0n) is 13.9. The Kier molecular flexibility index (Phi) is 7.49. The summed E-state index contributed by atoms with van der Waals surface area (Å²) in [6.07, 6.45) is 2.45. The molecule has 3 rings (SSSR count). The van der Waals surface area contributed by atoms with Gasteiger partial charge in [0.15, 0.2) is 0 Å². The molecule has 7 heteroatoms. The van der Waals surface area contributed by atoms with Crippen molar-refractivity contribution >= 4 is 24.0 Å². The third kappa shape index (κ3) is 5.18. The summed E-state index contributed by atoms with van der Waals surface area (Å²) in [4.78, 5) is 6.89. The highest BCUT2D eigenvalue weighted by Crippen LogP contribution is 2.21. The Morgan fingerprint density at radius 2 is 1.96 bits per heavy atom. The molecule has 0 radical (unpaired) electrons. The molecule has 1 saturated heterocycles. The van der Waals surface area contributed by atoms with E-state index in [0.717, 1.165) is 44.2 Å². The molecule has 24 heavy (non-hydrogen) atoms. The van der Waals surface area contributed by atoms with Crippen LogP contribution in [0.4, 0.5) is 0 Å². The second-order valence-corrected chi connectivity index (χ2v) is 6.48. The van der Waals surface area contributed by atoms with E-state index in [2.05, 4.69) is 27.3 Å². The van der Waals surface area contributed by atoms with Crippen LogP contribution in [0.1, 0.15) is 25.7 Å². The van der Waals surface area contributed by atoms with Crippen LogP contribution < -0.4 is 5.32 Å². The van der Waals surface area contributed by atoms with Crippen molar-refractivity contribution in [2.24, 2.45) is 5.92 Å². The summed E-state index contributed by atoms with van der Waals surface area (Å²) >= 11 is 5.90. The van der Waals surface area contributed by atoms with Gasteiger partial charge in [-0.2, -0.15) is 4.98 Å². The second-order valence-electron chi connectivity index (χ2n) is 6.05. The fraction of sp³-hybridized carbons (Fsp3) is 0.529. The molecule has 5 nitrogen and oxygen atoms in total. The van der Waals surface area contributed by atoms with Gasteiger partial charge in [0.1, 0.15) is 0 Å². The Hall–Kier alpha value is -1.14. The summed E-state index contributed by atoms with van der Waals surface area (Å²) in [7, 11) is 0. The standard InChI is InChI=1S/C17H23ClN4O.ClH/c1-2-19-11-13-7-9-22(10-8-13)12-16-20-17(21-23-16)14-3-5-15(18)6-4-14;/h3-6,13,19H,2,7-12H2,1H3;1H. The topological polar surface area (TPSA) is 54.2 Å². The summed E-state index contributed by atoms with van der Waals surface area (Å²) in [6, 6.07) is 7.48. The van der Waals surface area contributed by atoms with Crippen molar-refractivity contribution in [3.05, 3.63) is 35.2 Å². The van der Waals surface area contributed by atoms with Gasteiger partial charge in [-0.15, -0.1) is 12.4 Å². The van der Waals surface area contributed by atoms with E-state index in [1.54, 1.807) is 0 Å². The highest BCUT2D eigenvalue weighted by molar-refractivity contribution is 6.30. The van der Waals surface area contributed by atoms with Crippen LogP contribution in [-0.4, -0.2) is 41.2 Å². The van der Waals surface area contributed by atoms with Gasteiger partial charge in [-0.3, -0.25) is 4.90 Å². The van der Waals surface area contributed by atoms with Crippen LogP contribution >= 0.6 is 24.0 Å². The molecule has 132 valence electrons. The molecule has 1 aliphatic heterocycles. The Balaban J connectivity index is 0.00000208. The molecule has 1 aliphatic rings. The lowest BCUT2D eigenvalue weighted by Crippen LogP contribution is -2.36. The smallest absolute Gasteiger partial charge is 0.241 e. The van der Waals surface area contributed by atoms with Gasteiger partial charge in [0.05, 0.1) is 6.54 Å². The third-order valence-corrected chi connectivity index (χ3v) is 4.57. The zero-order valence-corrected chi connectivity index (χ0v) is 15.4. The maximum Gasteiger partial charge on any atom is 0.241 e. The van der Waals surface area contributed by atoms with Gasteiger partial charge in [0, 0.05) is 10.6 Å². The van der Waals surface area contributed by atoms with E-state index in [0.29, 0.717) is 16.7 Å². The average molecular weight is 371 g/mol. The van der Waals surface area contributed by atoms with Crippen LogP contribution in [0, 0.1) is 5.92 Å². The van der Waals surface area contributed by atoms with E-state index in [-0.39, 0.29) is 12.4 Å². The van der Waals surface area contributed by atoms with Gasteiger partial charge in [-0.25, -0.2) is 0 Å². The number of hydrogen-bond acceptors (Lipinski definition) is 5. The molecule has 2 aromatic rings. The van der Waals surface area contributed by atoms with Crippen molar-refractivity contribution in [1.82, 2.24) is 20.4 Å². The number of nitrogens with one attached hydrogen (secondary N) is 1. The highest BCUT2D eigenvalue weighted by atomic mass is 35.5. The summed E-state index contributed by atoms with van der Waals surface area (Å²) < 4.78 is 5.40. The van der Waals surface area contributed by atoms with Crippen LogP contribution in [0.15, 0.2) is 28.8 Å². The van der Waals surface area contributed by atoms with Crippen molar-refractivity contribution in [2.75, 3.05) is 26.2 Å². The summed E-state index contributed by atoms with van der Waals surface area (Å²) in [6.45, 7) is 7.25. The molecule has 1 aromatic carbocycles. The first kappa shape index (κ1) is 19.2. The Labute approximate surface area is 154 Å². The minimum Gasteiger partial charge on any atom is -0.338 e. The minimum absolute atomic E-state index is 0. The molecule has 0 atom stereocenters. The molecule has 1 aromatic heterocycles. The largest absolute Gasteiger partial charge is 0.338 e. The van der Waals surface area contributed by atoms with Crippen molar-refractivity contribution in [3.8, 4) is 11.4 Å². The van der Waals surface area contributed by atoms with E-state index in [1.807, 2.05) is 24.3 Å². The molecule has 0 saturated carbocycles. The average Bonchev–Trinajstić information content (AvgIpc) is 3.03. The van der Waals surface area contributed by atoms with Gasteiger partial charge < -0.3 is 9.84 Å². The van der Waals surface area contributed by atoms with Crippen molar-refractivity contribution in [1.29, 1.82) is 0 Å². The number of halogens is 2. The molecule has 0 spiro atoms. The maximum absolute atomic E-state index is 5.90. The predicted octanol–water partition coefficient (Wildman–Crippen LogP) is 3.63. The molecule has 0 aliphatic carbocycles. The van der Waals surface area contributed by atoms with Gasteiger partial charge in [0.25, 0.3) is 0 Å². The van der Waals surface area contributed by atoms with Crippen LogP contribution in [0.25, 0.3) is 11.4 Å². The number of benzene rings is 1. The van der Waals surface area contributed by atoms with E-state index in [4.69, 9.17) is 16.1 Å². The lowest BCUT2D eigenvalue weighted by atomic mass is 9.97. The van der Waals surface area contributed by atoms with Crippen LogP contribution in [0.5, 0.6) is 0 Å². The Morgan fingerprint density at radius 1 is 1.25 bits per heavy atom. The first-order valence-electron chi connectivity index (χ1n) is 8.26. The van der Waals surface area contributed by atoms with Crippen LogP contribution in [0.3, 0.4) is 0 Å². The molecule has 2 heterocycles. The Morgan fingerprint density at radius 3 is 2.62 bits per heavy atom. The number of hydrogen-bond donors (Lipinski definition) is 1. The van der Waals surface area contributed by atoms with Gasteiger partial charge in [0.2, 0.25) is 11.7 Å². The molecular weight excluding hydrogens is 347 g/mol. The number of nitrogens with zero attached hydrogens (tertiary/aromatic N) is 3. The second kappa shape index (κ2) is 9.37.